The van der Waals surface area contributed by atoms with E-state index in [1.807, 2.05) is 12.1 Å². The predicted octanol–water partition coefficient (Wildman–Crippen LogP) is 5.16. The van der Waals surface area contributed by atoms with Crippen LogP contribution in [0.25, 0.3) is 0 Å². The number of phosphoric ester groups is 1. The minimum atomic E-state index is -5.64. The number of carbonyl (C=O) groups is 1. The number of aromatic amines is 1. The summed E-state index contributed by atoms with van der Waals surface area (Å²) in [5, 5.41) is 36.7. The number of phosphoric acid groups is 1. The van der Waals surface area contributed by atoms with Crippen LogP contribution in [0.3, 0.4) is 0 Å². The van der Waals surface area contributed by atoms with E-state index in [4.69, 9.17) is 26.4 Å². The molecule has 6 rings (SSSR count). The number of halogens is 2. The summed E-state index contributed by atoms with van der Waals surface area (Å²) in [5.41, 5.74) is 0.878. The number of hydrogen-bond donors (Lipinski definition) is 10. The van der Waals surface area contributed by atoms with Gasteiger partial charge < -0.3 is 54.4 Å². The topological polar surface area (TPSA) is 335 Å². The highest BCUT2D eigenvalue weighted by Gasteiger charge is 2.61. The molecular formula is C38H43Br2N4O18P3S. The molecule has 2 unspecified atom stereocenters. The number of rotatable bonds is 19. The number of unbranched alkanes of at least 4 members (excludes halogenated alkanes) is 3. The van der Waals surface area contributed by atoms with Crippen LogP contribution < -0.4 is 26.6 Å². The molecule has 0 spiro atoms. The number of aliphatic hydroxyl groups is 1. The first-order valence-electron chi connectivity index (χ1n) is 19.7. The van der Waals surface area contributed by atoms with E-state index in [0.717, 1.165) is 28.5 Å². The molecule has 28 heteroatoms. The SMILES string of the molecule is O=C(NC(=S)NCCCCCCOCc1cn([C@H]2C[C@H](O)[C@@H](COP(=O)(O)OP(=O)(O)C(Br)(Br)P(=O)(O)O)O2)c(=O)[nH]c1=O)c1ccccc1C1c2ccc(O)cc2Oc2cc(O)ccc21. The molecule has 0 bridgehead atoms. The standard InChI is InChI=1S/C38H43Br2N4O18P3S/c39-38(40,63(51,52)53)64(54,55)62-65(56,57)59-20-31-28(47)17-32(61-31)44-18-21(34(48)43-37(44)50)19-58-14-6-2-1-5-13-41-36(66)42-35(49)25-8-4-3-7-24(25)33-26-11-9-22(45)15-29(26)60-30-16-23(46)10-12-27(30)33/h3-4,7-12,15-16,18,28,31-33,45-47H,1-2,5-6,13-14,17,19-20H2,(H,54,55)(H,56,57)(H,43,48,50)(H2,51,52,53)(H2,41,42,49,66)/t28-,31+,32+/m0/s1. The average molecular weight is 1130 g/mol. The molecule has 10 N–H and O–H groups in total. The fourth-order valence-corrected chi connectivity index (χ4v) is 12.0. The van der Waals surface area contributed by atoms with Crippen LogP contribution >= 0.6 is 67.1 Å². The molecule has 358 valence electrons. The van der Waals surface area contributed by atoms with E-state index >= 15 is 0 Å². The Balaban J connectivity index is 0.923. The maximum Gasteiger partial charge on any atom is 0.479 e. The Labute approximate surface area is 396 Å². The number of phenols is 2. The molecule has 0 radical (unpaired) electrons. The number of nitrogens with one attached hydrogen (secondary N) is 3. The number of hydrogen-bond acceptors (Lipinski definition) is 15. The second-order valence-electron chi connectivity index (χ2n) is 14.9. The maximum absolute atomic E-state index is 13.6. The lowest BCUT2D eigenvalue weighted by Crippen LogP contribution is -2.40. The number of nitrogens with zero attached hydrogens (tertiary/aromatic N) is 1. The van der Waals surface area contributed by atoms with Gasteiger partial charge in [0.1, 0.15) is 35.3 Å². The highest BCUT2D eigenvalue weighted by atomic mass is 79.9. The van der Waals surface area contributed by atoms with Gasteiger partial charge in [0.15, 0.2) is 5.11 Å². The number of aliphatic hydroxyl groups excluding tert-OH is 1. The van der Waals surface area contributed by atoms with Crippen molar-refractivity contribution in [3.63, 3.8) is 0 Å². The van der Waals surface area contributed by atoms with E-state index in [-0.39, 0.29) is 41.8 Å². The van der Waals surface area contributed by atoms with Crippen LogP contribution in [0.4, 0.5) is 0 Å². The van der Waals surface area contributed by atoms with Gasteiger partial charge in [0, 0.05) is 60.5 Å². The number of benzene rings is 3. The molecule has 3 heterocycles. The molecular weight excluding hydrogens is 1090 g/mol. The van der Waals surface area contributed by atoms with Crippen molar-refractivity contribution in [3.05, 3.63) is 116 Å². The summed E-state index contributed by atoms with van der Waals surface area (Å²) in [4.78, 5) is 79.5. The molecule has 22 nitrogen and oxygen atoms in total. The lowest BCUT2D eigenvalue weighted by atomic mass is 9.80. The molecule has 1 fully saturated rings. The van der Waals surface area contributed by atoms with Crippen LogP contribution in [0.15, 0.2) is 76.4 Å². The summed E-state index contributed by atoms with van der Waals surface area (Å²) in [5.74, 6) is -0.114. The van der Waals surface area contributed by atoms with Gasteiger partial charge in [0.2, 0.25) is 0 Å². The first kappa shape index (κ1) is 51.8. The van der Waals surface area contributed by atoms with Gasteiger partial charge in [0.25, 0.3) is 14.2 Å². The second kappa shape index (κ2) is 21.4. The van der Waals surface area contributed by atoms with Crippen LogP contribution in [0.2, 0.25) is 0 Å². The molecule has 1 saturated heterocycles. The monoisotopic (exact) mass is 1130 g/mol. The van der Waals surface area contributed by atoms with E-state index in [1.165, 1.54) is 30.5 Å². The highest BCUT2D eigenvalue weighted by molar-refractivity contribution is 9.29. The van der Waals surface area contributed by atoms with E-state index < -0.39 is 73.8 Å². The molecule has 0 aliphatic carbocycles. The zero-order chi connectivity index (χ0) is 48.2. The van der Waals surface area contributed by atoms with Crippen LogP contribution in [0.5, 0.6) is 23.0 Å². The van der Waals surface area contributed by atoms with E-state index in [9.17, 15) is 63.0 Å². The van der Waals surface area contributed by atoms with Crippen molar-refractivity contribution >= 4 is 78.1 Å². The summed E-state index contributed by atoms with van der Waals surface area (Å²) in [7, 11) is -16.6. The van der Waals surface area contributed by atoms with E-state index in [2.05, 4.69) is 56.3 Å². The number of thiocarbonyl (C=S) groups is 1. The zero-order valence-corrected chi connectivity index (χ0v) is 40.8. The summed E-state index contributed by atoms with van der Waals surface area (Å²) >= 11 is 10.0. The number of alkyl halides is 2. The number of carbonyl (C=O) groups excluding carboxylic acids is 1. The lowest BCUT2D eigenvalue weighted by Gasteiger charge is -2.30. The van der Waals surface area contributed by atoms with Crippen LogP contribution in [-0.2, 0) is 38.6 Å². The normalized spacial score (nSPS) is 19.2. The van der Waals surface area contributed by atoms with Gasteiger partial charge in [-0.3, -0.25) is 38.1 Å². The lowest BCUT2D eigenvalue weighted by molar-refractivity contribution is -0.0450. The number of aromatic hydroxyl groups is 2. The smallest absolute Gasteiger partial charge is 0.479 e. The largest absolute Gasteiger partial charge is 0.508 e. The first-order valence-corrected chi connectivity index (χ1v) is 26.4. The third-order valence-corrected chi connectivity index (χ3v) is 21.0. The molecule has 1 amide bonds. The summed E-state index contributed by atoms with van der Waals surface area (Å²) < 4.78 is 60.2. The molecule has 66 heavy (non-hydrogen) atoms. The van der Waals surface area contributed by atoms with Gasteiger partial charge in [0.05, 0.1) is 24.9 Å². The Morgan fingerprint density at radius 1 is 0.924 bits per heavy atom. The average Bonchev–Trinajstić information content (AvgIpc) is 3.60. The Morgan fingerprint density at radius 3 is 2.21 bits per heavy atom. The van der Waals surface area contributed by atoms with E-state index in [0.29, 0.717) is 42.0 Å². The van der Waals surface area contributed by atoms with Crippen molar-refractivity contribution in [1.29, 1.82) is 0 Å². The van der Waals surface area contributed by atoms with Gasteiger partial charge in [-0.05, 0) is 80.7 Å². The van der Waals surface area contributed by atoms with Gasteiger partial charge >= 0.3 is 28.7 Å². The highest BCUT2D eigenvalue weighted by Crippen LogP contribution is 2.81. The van der Waals surface area contributed by atoms with Gasteiger partial charge in [-0.15, -0.1) is 0 Å². The molecule has 2 aliphatic heterocycles. The Kier molecular flexibility index (Phi) is 16.8. The second-order valence-corrected chi connectivity index (χ2v) is 26.9. The molecule has 2 aliphatic rings. The Morgan fingerprint density at radius 2 is 1.56 bits per heavy atom. The van der Waals surface area contributed by atoms with Gasteiger partial charge in [-0.1, -0.05) is 43.2 Å². The van der Waals surface area contributed by atoms with Crippen molar-refractivity contribution in [2.45, 2.75) is 65.8 Å². The minimum absolute atomic E-state index is 0.000411. The Bertz CT molecular complexity index is 2690. The maximum atomic E-state index is 13.6. The zero-order valence-electron chi connectivity index (χ0n) is 34.1. The fourth-order valence-electron chi connectivity index (χ4n) is 6.98. The summed E-state index contributed by atoms with van der Waals surface area (Å²) in [6.45, 7) is -0.414. The van der Waals surface area contributed by atoms with Crippen molar-refractivity contribution < 1.29 is 76.4 Å². The van der Waals surface area contributed by atoms with Crippen LogP contribution in [-0.4, -0.2) is 90.1 Å². The number of fused-ring (bicyclic) bond motifs is 2. The molecule has 3 aromatic carbocycles. The number of H-pyrrole nitrogens is 1. The molecule has 5 atom stereocenters. The van der Waals surface area contributed by atoms with Crippen molar-refractivity contribution in [3.8, 4) is 23.0 Å². The summed E-state index contributed by atoms with van der Waals surface area (Å²) in [6.07, 6.45) is -0.306. The van der Waals surface area contributed by atoms with Crippen molar-refractivity contribution in [2.75, 3.05) is 19.8 Å². The number of ether oxygens (including phenoxy) is 3. The number of phenolic OH excluding ortho intramolecular Hbond substituents is 2. The van der Waals surface area contributed by atoms with Crippen LogP contribution in [0.1, 0.15) is 76.9 Å². The predicted molar refractivity (Wildman–Crippen MR) is 245 cm³/mol. The number of aromatic nitrogens is 2. The number of amides is 1. The van der Waals surface area contributed by atoms with E-state index in [1.54, 1.807) is 24.3 Å². The molecule has 4 aromatic rings. The molecule has 1 aromatic heterocycles. The third-order valence-electron chi connectivity index (χ3n) is 10.2. The molecule has 0 saturated carbocycles. The van der Waals surface area contributed by atoms with Crippen molar-refractivity contribution in [2.24, 2.45) is 0 Å². The summed E-state index contributed by atoms with van der Waals surface area (Å²) in [6, 6.07) is 16.5. The fraction of sp³-hybridized carbons (Fsp3) is 0.368. The quantitative estimate of drug-likeness (QED) is 0.0221. The van der Waals surface area contributed by atoms with Gasteiger partial charge in [-0.2, -0.15) is 0 Å². The minimum Gasteiger partial charge on any atom is -0.508 e. The van der Waals surface area contributed by atoms with Crippen molar-refractivity contribution in [1.82, 2.24) is 20.2 Å². The Hall–Kier alpha value is -3.61. The first-order chi connectivity index (χ1) is 31.0. The third kappa shape index (κ3) is 12.3. The van der Waals surface area contributed by atoms with Crippen LogP contribution in [0, 0.1) is 0 Å². The van der Waals surface area contributed by atoms with Gasteiger partial charge in [-0.25, -0.2) is 13.7 Å².